The molecule has 2 aliphatic heterocycles. The fourth-order valence-electron chi connectivity index (χ4n) is 3.83. The molecule has 0 aromatic heterocycles. The maximum Gasteiger partial charge on any atom is 0.265 e. The topological polar surface area (TPSA) is 70.1 Å². The van der Waals surface area contributed by atoms with Gasteiger partial charge in [-0.1, -0.05) is 48.0 Å². The van der Waals surface area contributed by atoms with Crippen LogP contribution in [0.5, 0.6) is 0 Å². The number of hydrogen-bond acceptors (Lipinski definition) is 5. The smallest absolute Gasteiger partial charge is 0.265 e. The first-order valence-electron chi connectivity index (χ1n) is 9.53. The summed E-state index contributed by atoms with van der Waals surface area (Å²) < 4.78 is 5.37. The number of aliphatic hydroxyl groups is 1. The minimum atomic E-state index is -1.84. The third-order valence-electron chi connectivity index (χ3n) is 5.47. The number of ketones is 1. The fourth-order valence-corrected chi connectivity index (χ4v) is 3.83. The van der Waals surface area contributed by atoms with E-state index in [2.05, 4.69) is 4.90 Å². The second-order valence-electron chi connectivity index (χ2n) is 7.45. The predicted molar refractivity (Wildman–Crippen MR) is 105 cm³/mol. The van der Waals surface area contributed by atoms with Crippen LogP contribution in [0.25, 0.3) is 0 Å². The predicted octanol–water partition coefficient (Wildman–Crippen LogP) is 2.09. The van der Waals surface area contributed by atoms with E-state index in [9.17, 15) is 14.7 Å². The third-order valence-corrected chi connectivity index (χ3v) is 5.47. The molecule has 1 saturated heterocycles. The summed E-state index contributed by atoms with van der Waals surface area (Å²) in [5.41, 5.74) is 0.863. The molecule has 0 aliphatic carbocycles. The highest BCUT2D eigenvalue weighted by Gasteiger charge is 2.51. The SMILES string of the molecule is Cc1ccc(C(=O)C[C@]2(O)C(=O)N(CN3CCOCC3)c3ccccc32)cc1. The summed E-state index contributed by atoms with van der Waals surface area (Å²) in [7, 11) is 0. The molecule has 0 unspecified atom stereocenters. The van der Waals surface area contributed by atoms with Crippen LogP contribution in [0.2, 0.25) is 0 Å². The van der Waals surface area contributed by atoms with Gasteiger partial charge in [0.05, 0.1) is 32.0 Å². The zero-order chi connectivity index (χ0) is 19.7. The lowest BCUT2D eigenvalue weighted by molar-refractivity contribution is -0.136. The van der Waals surface area contributed by atoms with Gasteiger partial charge in [-0.15, -0.1) is 0 Å². The third kappa shape index (κ3) is 3.35. The molecule has 2 heterocycles. The van der Waals surface area contributed by atoms with Crippen molar-refractivity contribution in [1.29, 1.82) is 0 Å². The Morgan fingerprint density at radius 1 is 1.11 bits per heavy atom. The number of anilines is 1. The standard InChI is InChI=1S/C22H24N2O4/c1-16-6-8-17(9-7-16)20(25)14-22(27)18-4-2-3-5-19(18)24(21(22)26)15-23-10-12-28-13-11-23/h2-9,27H,10-15H2,1H3/t22-/m1/s1. The molecule has 1 N–H and O–H groups in total. The molecule has 6 heteroatoms. The zero-order valence-electron chi connectivity index (χ0n) is 15.9. The van der Waals surface area contributed by atoms with Crippen molar-refractivity contribution < 1.29 is 19.4 Å². The van der Waals surface area contributed by atoms with Crippen molar-refractivity contribution in [3.05, 3.63) is 65.2 Å². The molecule has 146 valence electrons. The number of benzene rings is 2. The van der Waals surface area contributed by atoms with E-state index in [0.717, 1.165) is 18.7 Å². The monoisotopic (exact) mass is 380 g/mol. The van der Waals surface area contributed by atoms with Gasteiger partial charge in [0.2, 0.25) is 0 Å². The lowest BCUT2D eigenvalue weighted by Crippen LogP contribution is -2.49. The van der Waals surface area contributed by atoms with Crippen molar-refractivity contribution in [3.63, 3.8) is 0 Å². The van der Waals surface area contributed by atoms with Crippen molar-refractivity contribution >= 4 is 17.4 Å². The van der Waals surface area contributed by atoms with Crippen molar-refractivity contribution in [2.45, 2.75) is 18.9 Å². The maximum atomic E-state index is 13.2. The Hall–Kier alpha value is -2.54. The Labute approximate surface area is 164 Å². The molecule has 0 radical (unpaired) electrons. The molecule has 2 aromatic rings. The van der Waals surface area contributed by atoms with Crippen LogP contribution in [0.4, 0.5) is 5.69 Å². The molecule has 1 fully saturated rings. The number of hydrogen-bond donors (Lipinski definition) is 1. The van der Waals surface area contributed by atoms with E-state index in [1.54, 1.807) is 29.2 Å². The molecular formula is C22H24N2O4. The lowest BCUT2D eigenvalue weighted by atomic mass is 9.88. The van der Waals surface area contributed by atoms with Gasteiger partial charge >= 0.3 is 0 Å². The number of fused-ring (bicyclic) bond motifs is 1. The Balaban J connectivity index is 1.61. The van der Waals surface area contributed by atoms with Crippen molar-refractivity contribution in [1.82, 2.24) is 4.90 Å². The number of aryl methyl sites for hydroxylation is 1. The van der Waals surface area contributed by atoms with Gasteiger partial charge in [0.1, 0.15) is 0 Å². The fraction of sp³-hybridized carbons (Fsp3) is 0.364. The highest BCUT2D eigenvalue weighted by Crippen LogP contribution is 2.42. The van der Waals surface area contributed by atoms with Gasteiger partial charge in [0, 0.05) is 24.2 Å². The first-order valence-corrected chi connectivity index (χ1v) is 9.53. The van der Waals surface area contributed by atoms with E-state index in [4.69, 9.17) is 4.74 Å². The number of para-hydroxylation sites is 1. The number of nitrogens with zero attached hydrogens (tertiary/aromatic N) is 2. The molecule has 0 bridgehead atoms. The molecule has 0 saturated carbocycles. The molecule has 2 aliphatic rings. The summed E-state index contributed by atoms with van der Waals surface area (Å²) in [6.07, 6.45) is -0.272. The molecule has 6 nitrogen and oxygen atoms in total. The number of ether oxygens (including phenoxy) is 1. The van der Waals surface area contributed by atoms with Gasteiger partial charge < -0.3 is 9.84 Å². The Bertz CT molecular complexity index is 890. The zero-order valence-corrected chi connectivity index (χ0v) is 15.9. The minimum Gasteiger partial charge on any atom is -0.379 e. The van der Waals surface area contributed by atoms with Crippen LogP contribution < -0.4 is 4.90 Å². The van der Waals surface area contributed by atoms with Gasteiger partial charge in [-0.2, -0.15) is 0 Å². The number of carbonyl (C=O) groups excluding carboxylic acids is 2. The largest absolute Gasteiger partial charge is 0.379 e. The van der Waals surface area contributed by atoms with E-state index >= 15 is 0 Å². The average molecular weight is 380 g/mol. The first-order chi connectivity index (χ1) is 13.5. The molecule has 28 heavy (non-hydrogen) atoms. The molecule has 4 rings (SSSR count). The lowest BCUT2D eigenvalue weighted by Gasteiger charge is -2.31. The quantitative estimate of drug-likeness (QED) is 0.805. The maximum absolute atomic E-state index is 13.2. The van der Waals surface area contributed by atoms with Gasteiger partial charge in [0.25, 0.3) is 5.91 Å². The molecule has 2 aromatic carbocycles. The summed E-state index contributed by atoms with van der Waals surface area (Å²) in [6, 6.07) is 14.4. The van der Waals surface area contributed by atoms with Crippen molar-refractivity contribution in [2.75, 3.05) is 37.9 Å². The van der Waals surface area contributed by atoms with Crippen LogP contribution in [0.15, 0.2) is 48.5 Å². The van der Waals surface area contributed by atoms with E-state index in [1.807, 2.05) is 31.2 Å². The number of rotatable bonds is 5. The number of Topliss-reactive ketones (excluding diaryl/α,β-unsaturated/α-hetero) is 1. The first kappa shape index (κ1) is 18.8. The summed E-state index contributed by atoms with van der Waals surface area (Å²) >= 11 is 0. The van der Waals surface area contributed by atoms with Crippen LogP contribution >= 0.6 is 0 Å². The number of amides is 1. The molecule has 1 amide bonds. The molecule has 0 spiro atoms. The summed E-state index contributed by atoms with van der Waals surface area (Å²) in [4.78, 5) is 29.8. The van der Waals surface area contributed by atoms with Crippen LogP contribution in [0.1, 0.15) is 27.9 Å². The summed E-state index contributed by atoms with van der Waals surface area (Å²) in [5, 5.41) is 11.3. The van der Waals surface area contributed by atoms with E-state index in [1.165, 1.54) is 0 Å². The second-order valence-corrected chi connectivity index (χ2v) is 7.45. The second kappa shape index (κ2) is 7.47. The van der Waals surface area contributed by atoms with Gasteiger partial charge in [-0.3, -0.25) is 19.4 Å². The van der Waals surface area contributed by atoms with Gasteiger partial charge in [-0.05, 0) is 13.0 Å². The van der Waals surface area contributed by atoms with E-state index < -0.39 is 11.5 Å². The van der Waals surface area contributed by atoms with Gasteiger partial charge in [0.15, 0.2) is 11.4 Å². The normalized spacial score (nSPS) is 22.4. The number of morpholine rings is 1. The molecular weight excluding hydrogens is 356 g/mol. The highest BCUT2D eigenvalue weighted by molar-refractivity contribution is 6.10. The average Bonchev–Trinajstić information content (AvgIpc) is 2.91. The van der Waals surface area contributed by atoms with Crippen molar-refractivity contribution in [2.24, 2.45) is 0 Å². The van der Waals surface area contributed by atoms with Crippen molar-refractivity contribution in [3.8, 4) is 0 Å². The Morgan fingerprint density at radius 2 is 1.79 bits per heavy atom. The minimum absolute atomic E-state index is 0.251. The van der Waals surface area contributed by atoms with Gasteiger partial charge in [-0.25, -0.2) is 0 Å². The molecule has 1 atom stereocenters. The van der Waals surface area contributed by atoms with Crippen LogP contribution in [-0.2, 0) is 15.1 Å². The van der Waals surface area contributed by atoms with Crippen LogP contribution in [0.3, 0.4) is 0 Å². The van der Waals surface area contributed by atoms with E-state index in [-0.39, 0.29) is 12.2 Å². The Morgan fingerprint density at radius 3 is 2.50 bits per heavy atom. The summed E-state index contributed by atoms with van der Waals surface area (Å²) in [6.45, 7) is 5.03. The summed E-state index contributed by atoms with van der Waals surface area (Å²) in [5.74, 6) is -0.695. The van der Waals surface area contributed by atoms with E-state index in [0.29, 0.717) is 36.7 Å². The number of carbonyl (C=O) groups is 2. The van der Waals surface area contributed by atoms with Crippen LogP contribution in [0, 0.1) is 6.92 Å². The van der Waals surface area contributed by atoms with Crippen LogP contribution in [-0.4, -0.2) is 54.7 Å². The highest BCUT2D eigenvalue weighted by atomic mass is 16.5. The Kier molecular flexibility index (Phi) is 5.02.